The smallest absolute Gasteiger partial charge is 0.310 e. The topological polar surface area (TPSA) is 65.7 Å². The Hall–Kier alpha value is -3.15. The fourth-order valence-corrected chi connectivity index (χ4v) is 2.80. The van der Waals surface area contributed by atoms with E-state index in [1.165, 1.54) is 25.5 Å². The molecule has 0 spiro atoms. The number of hydrogen-bond donors (Lipinski definition) is 0. The van der Waals surface area contributed by atoms with Crippen molar-refractivity contribution in [3.8, 4) is 5.75 Å². The lowest BCUT2D eigenvalue weighted by molar-refractivity contribution is -0.141. The molecular formula is C21H19FO5. The zero-order valence-corrected chi connectivity index (χ0v) is 15.3. The van der Waals surface area contributed by atoms with Gasteiger partial charge < -0.3 is 13.9 Å². The van der Waals surface area contributed by atoms with E-state index < -0.39 is 24.2 Å². The predicted molar refractivity (Wildman–Crippen MR) is 97.6 cm³/mol. The number of furan rings is 1. The molecule has 0 bridgehead atoms. The Labute approximate surface area is 155 Å². The molecule has 0 aliphatic carbocycles. The van der Waals surface area contributed by atoms with Crippen molar-refractivity contribution >= 4 is 22.7 Å². The van der Waals surface area contributed by atoms with Gasteiger partial charge >= 0.3 is 5.97 Å². The van der Waals surface area contributed by atoms with E-state index in [1.807, 2.05) is 26.0 Å². The van der Waals surface area contributed by atoms with Crippen molar-refractivity contribution < 1.29 is 27.9 Å². The second-order valence-electron chi connectivity index (χ2n) is 6.26. The molecule has 0 saturated heterocycles. The van der Waals surface area contributed by atoms with Crippen LogP contribution in [0.2, 0.25) is 0 Å². The molecule has 0 aliphatic rings. The summed E-state index contributed by atoms with van der Waals surface area (Å²) < 4.78 is 29.1. The highest BCUT2D eigenvalue weighted by Crippen LogP contribution is 2.27. The standard InChI is InChI=1S/C21H19FO5/c1-12-4-6-16-15(10-27-21(16)13(12)2)9-20(24)26-11-18(23)14-5-7-19(25-3)17(22)8-14/h4-8,10H,9,11H2,1-3H3. The second kappa shape index (κ2) is 7.61. The first-order chi connectivity index (χ1) is 12.9. The number of methoxy groups -OCH3 is 1. The highest BCUT2D eigenvalue weighted by molar-refractivity contribution is 5.98. The average molecular weight is 370 g/mol. The summed E-state index contributed by atoms with van der Waals surface area (Å²) in [7, 11) is 1.34. The first-order valence-electron chi connectivity index (χ1n) is 8.39. The van der Waals surface area contributed by atoms with Crippen LogP contribution in [0.3, 0.4) is 0 Å². The SMILES string of the molecule is COc1ccc(C(=O)COC(=O)Cc2coc3c(C)c(C)ccc23)cc1F. The zero-order valence-electron chi connectivity index (χ0n) is 15.3. The van der Waals surface area contributed by atoms with E-state index in [4.69, 9.17) is 13.9 Å². The molecule has 3 aromatic rings. The lowest BCUT2D eigenvalue weighted by atomic mass is 10.0. The number of hydrogen-bond acceptors (Lipinski definition) is 5. The molecule has 27 heavy (non-hydrogen) atoms. The van der Waals surface area contributed by atoms with Crippen molar-refractivity contribution in [1.29, 1.82) is 0 Å². The van der Waals surface area contributed by atoms with Crippen molar-refractivity contribution in [1.82, 2.24) is 0 Å². The lowest BCUT2D eigenvalue weighted by Crippen LogP contribution is -2.15. The molecule has 1 heterocycles. The van der Waals surface area contributed by atoms with Gasteiger partial charge in [-0.05, 0) is 43.2 Å². The van der Waals surface area contributed by atoms with Gasteiger partial charge in [0.15, 0.2) is 24.0 Å². The number of halogens is 1. The Bertz CT molecular complexity index is 1020. The van der Waals surface area contributed by atoms with Gasteiger partial charge in [0, 0.05) is 16.5 Å². The number of carbonyl (C=O) groups excluding carboxylic acids is 2. The fraction of sp³-hybridized carbons (Fsp3) is 0.238. The number of Topliss-reactive ketones (excluding diaryl/α,β-unsaturated/α-hetero) is 1. The van der Waals surface area contributed by atoms with Crippen molar-refractivity contribution in [3.05, 3.63) is 64.7 Å². The molecule has 0 saturated carbocycles. The maximum absolute atomic E-state index is 13.7. The maximum atomic E-state index is 13.7. The zero-order chi connectivity index (χ0) is 19.6. The van der Waals surface area contributed by atoms with Gasteiger partial charge in [-0.25, -0.2) is 4.39 Å². The van der Waals surface area contributed by atoms with Crippen molar-refractivity contribution in [2.45, 2.75) is 20.3 Å². The van der Waals surface area contributed by atoms with Gasteiger partial charge in [0.1, 0.15) is 5.58 Å². The minimum absolute atomic E-state index is 0.0141. The Morgan fingerprint density at radius 3 is 2.63 bits per heavy atom. The Balaban J connectivity index is 1.64. The van der Waals surface area contributed by atoms with Crippen LogP contribution in [-0.2, 0) is 16.0 Å². The summed E-state index contributed by atoms with van der Waals surface area (Å²) in [6.07, 6.45) is 1.51. The number of ether oxygens (including phenoxy) is 2. The molecule has 5 nitrogen and oxygen atoms in total. The van der Waals surface area contributed by atoms with Crippen LogP contribution in [0.4, 0.5) is 4.39 Å². The summed E-state index contributed by atoms with van der Waals surface area (Å²) in [5, 5.41) is 0.846. The first kappa shape index (κ1) is 18.6. The predicted octanol–water partition coefficient (Wildman–Crippen LogP) is 4.17. The van der Waals surface area contributed by atoms with E-state index in [2.05, 4.69) is 0 Å². The quantitative estimate of drug-likeness (QED) is 0.481. The van der Waals surface area contributed by atoms with Gasteiger partial charge in [-0.1, -0.05) is 12.1 Å². The lowest BCUT2D eigenvalue weighted by Gasteiger charge is -2.06. The van der Waals surface area contributed by atoms with Crippen molar-refractivity contribution in [3.63, 3.8) is 0 Å². The van der Waals surface area contributed by atoms with Gasteiger partial charge in [-0.3, -0.25) is 9.59 Å². The molecule has 0 atom stereocenters. The average Bonchev–Trinajstić information content (AvgIpc) is 3.06. The summed E-state index contributed by atoms with van der Waals surface area (Å²) in [6.45, 7) is 3.48. The summed E-state index contributed by atoms with van der Waals surface area (Å²) in [5.41, 5.74) is 3.66. The number of ketones is 1. The molecule has 0 radical (unpaired) electrons. The molecule has 1 aromatic heterocycles. The number of esters is 1. The first-order valence-corrected chi connectivity index (χ1v) is 8.39. The number of benzene rings is 2. The molecule has 6 heteroatoms. The van der Waals surface area contributed by atoms with Crippen LogP contribution in [0.1, 0.15) is 27.0 Å². The van der Waals surface area contributed by atoms with Crippen molar-refractivity contribution in [2.75, 3.05) is 13.7 Å². The van der Waals surface area contributed by atoms with Gasteiger partial charge in [0.25, 0.3) is 0 Å². The largest absolute Gasteiger partial charge is 0.494 e. The third kappa shape index (κ3) is 3.84. The summed E-state index contributed by atoms with van der Waals surface area (Å²) >= 11 is 0. The number of fused-ring (bicyclic) bond motifs is 1. The second-order valence-corrected chi connectivity index (χ2v) is 6.26. The number of rotatable bonds is 6. The minimum atomic E-state index is -0.648. The van der Waals surface area contributed by atoms with E-state index in [-0.39, 0.29) is 17.7 Å². The van der Waals surface area contributed by atoms with Crippen LogP contribution >= 0.6 is 0 Å². The van der Waals surface area contributed by atoms with Gasteiger partial charge in [-0.2, -0.15) is 0 Å². The molecule has 3 rings (SSSR count). The number of carbonyl (C=O) groups is 2. The molecule has 0 aliphatic heterocycles. The van der Waals surface area contributed by atoms with Crippen LogP contribution in [0.5, 0.6) is 5.75 Å². The third-order valence-electron chi connectivity index (χ3n) is 4.51. The normalized spacial score (nSPS) is 10.8. The molecular weight excluding hydrogens is 351 g/mol. The summed E-state index contributed by atoms with van der Waals surface area (Å²) in [5.74, 6) is -1.65. The third-order valence-corrected chi connectivity index (χ3v) is 4.51. The molecule has 0 fully saturated rings. The molecule has 2 aromatic carbocycles. The Morgan fingerprint density at radius 1 is 1.15 bits per heavy atom. The van der Waals surface area contributed by atoms with E-state index in [0.29, 0.717) is 5.56 Å². The van der Waals surface area contributed by atoms with Crippen molar-refractivity contribution in [2.24, 2.45) is 0 Å². The fourth-order valence-electron chi connectivity index (χ4n) is 2.80. The van der Waals surface area contributed by atoms with E-state index in [0.717, 1.165) is 28.2 Å². The van der Waals surface area contributed by atoms with E-state index in [1.54, 1.807) is 0 Å². The molecule has 0 unspecified atom stereocenters. The Kier molecular flexibility index (Phi) is 5.26. The highest BCUT2D eigenvalue weighted by atomic mass is 19.1. The summed E-state index contributed by atoms with van der Waals surface area (Å²) in [6, 6.07) is 7.70. The van der Waals surface area contributed by atoms with Crippen LogP contribution in [0.25, 0.3) is 11.0 Å². The Morgan fingerprint density at radius 2 is 1.93 bits per heavy atom. The monoisotopic (exact) mass is 370 g/mol. The summed E-state index contributed by atoms with van der Waals surface area (Å²) in [4.78, 5) is 24.2. The van der Waals surface area contributed by atoms with Gasteiger partial charge in [-0.15, -0.1) is 0 Å². The molecule has 0 amide bonds. The highest BCUT2D eigenvalue weighted by Gasteiger charge is 2.16. The van der Waals surface area contributed by atoms with Crippen LogP contribution < -0.4 is 4.74 Å². The van der Waals surface area contributed by atoms with E-state index in [9.17, 15) is 14.0 Å². The minimum Gasteiger partial charge on any atom is -0.494 e. The van der Waals surface area contributed by atoms with Crippen LogP contribution in [-0.4, -0.2) is 25.5 Å². The van der Waals surface area contributed by atoms with Crippen LogP contribution in [0.15, 0.2) is 41.0 Å². The van der Waals surface area contributed by atoms with Crippen LogP contribution in [0, 0.1) is 19.7 Å². The number of aryl methyl sites for hydroxylation is 2. The van der Waals surface area contributed by atoms with Gasteiger partial charge in [0.05, 0.1) is 19.8 Å². The van der Waals surface area contributed by atoms with E-state index >= 15 is 0 Å². The molecule has 140 valence electrons. The molecule has 0 N–H and O–H groups in total. The van der Waals surface area contributed by atoms with Gasteiger partial charge in [0.2, 0.25) is 0 Å². The maximum Gasteiger partial charge on any atom is 0.310 e.